The lowest BCUT2D eigenvalue weighted by Crippen LogP contribution is -2.36. The number of aliphatic hydroxyl groups excluding tert-OH is 1. The molecule has 0 bridgehead atoms. The maximum absolute atomic E-state index is 13.1. The molecule has 1 aromatic heterocycles. The number of aromatic amines is 1. The van der Waals surface area contributed by atoms with Crippen LogP contribution in [0, 0.1) is 10.1 Å². The van der Waals surface area contributed by atoms with Crippen molar-refractivity contribution in [1.29, 1.82) is 0 Å². The number of carbonyl (C=O) groups is 1. The molecule has 5 rings (SSSR count). The van der Waals surface area contributed by atoms with Gasteiger partial charge in [-0.05, 0) is 61.4 Å². The van der Waals surface area contributed by atoms with Crippen molar-refractivity contribution >= 4 is 38.2 Å². The molecule has 4 aromatic rings. The van der Waals surface area contributed by atoms with E-state index < -0.39 is 31.4 Å². The molecule has 4 N–H and O–H groups in total. The van der Waals surface area contributed by atoms with Crippen molar-refractivity contribution in [2.75, 3.05) is 18.5 Å². The Bertz CT molecular complexity index is 1670. The Kier molecular flexibility index (Phi) is 7.69. The number of fused-ring (bicyclic) bond motifs is 1. The standard InChI is InChI=1S/C27H26N4O8S/c32-16-20-14-18(10-12-38-20)29-24-8-6-21(15-25(24)31(34)35)40(36,37)30-27(33)22-3-1-2-4-26(22)39-19-5-7-23-17(13-19)9-11-28-23/h1-9,11,13,15,18,20,28-29,32H,10,12,14,16H2,(H,30,33). The van der Waals surface area contributed by atoms with Gasteiger partial charge in [0.05, 0.1) is 28.1 Å². The Morgan fingerprint density at radius 3 is 2.77 bits per heavy atom. The third-order valence-corrected chi connectivity index (χ3v) is 7.85. The van der Waals surface area contributed by atoms with Crippen molar-refractivity contribution < 1.29 is 32.7 Å². The summed E-state index contributed by atoms with van der Waals surface area (Å²) in [5.74, 6) is -0.377. The van der Waals surface area contributed by atoms with E-state index in [2.05, 4.69) is 10.3 Å². The summed E-state index contributed by atoms with van der Waals surface area (Å²) in [6, 6.07) is 16.5. The van der Waals surface area contributed by atoms with E-state index in [1.807, 2.05) is 16.9 Å². The maximum atomic E-state index is 13.1. The molecule has 2 heterocycles. The summed E-state index contributed by atoms with van der Waals surface area (Å²) in [4.78, 5) is 26.8. The van der Waals surface area contributed by atoms with Crippen LogP contribution in [0.25, 0.3) is 10.9 Å². The van der Waals surface area contributed by atoms with Gasteiger partial charge >= 0.3 is 0 Å². The summed E-state index contributed by atoms with van der Waals surface area (Å²) in [5, 5.41) is 25.1. The number of ether oxygens (including phenoxy) is 2. The van der Waals surface area contributed by atoms with Gasteiger partial charge in [0.1, 0.15) is 17.2 Å². The highest BCUT2D eigenvalue weighted by molar-refractivity contribution is 7.90. The second-order valence-electron chi connectivity index (χ2n) is 9.24. The first-order chi connectivity index (χ1) is 19.2. The number of rotatable bonds is 9. The minimum Gasteiger partial charge on any atom is -0.457 e. The zero-order valence-electron chi connectivity index (χ0n) is 21.1. The van der Waals surface area contributed by atoms with Gasteiger partial charge in [-0.15, -0.1) is 0 Å². The normalized spacial score (nSPS) is 17.3. The van der Waals surface area contributed by atoms with Gasteiger partial charge in [-0.3, -0.25) is 14.9 Å². The Labute approximate surface area is 229 Å². The predicted octanol–water partition coefficient (Wildman–Crippen LogP) is 3.94. The number of para-hydroxylation sites is 1. The van der Waals surface area contributed by atoms with Crippen molar-refractivity contribution in [3.63, 3.8) is 0 Å². The molecule has 0 saturated carbocycles. The van der Waals surface area contributed by atoms with E-state index in [1.165, 1.54) is 24.3 Å². The van der Waals surface area contributed by atoms with Crippen LogP contribution in [0.3, 0.4) is 0 Å². The molecule has 12 nitrogen and oxygen atoms in total. The third kappa shape index (κ3) is 5.91. The number of hydrogen-bond donors (Lipinski definition) is 4. The lowest BCUT2D eigenvalue weighted by molar-refractivity contribution is -0.384. The van der Waals surface area contributed by atoms with Crippen LogP contribution in [-0.2, 0) is 14.8 Å². The van der Waals surface area contributed by atoms with E-state index in [-0.39, 0.29) is 35.8 Å². The van der Waals surface area contributed by atoms with Crippen molar-refractivity contribution in [1.82, 2.24) is 9.71 Å². The van der Waals surface area contributed by atoms with E-state index in [0.717, 1.165) is 17.0 Å². The van der Waals surface area contributed by atoms with Crippen molar-refractivity contribution in [3.8, 4) is 11.5 Å². The Morgan fingerprint density at radius 2 is 1.98 bits per heavy atom. The Morgan fingerprint density at radius 1 is 1.15 bits per heavy atom. The zero-order valence-corrected chi connectivity index (χ0v) is 21.9. The third-order valence-electron chi connectivity index (χ3n) is 6.52. The van der Waals surface area contributed by atoms with E-state index in [4.69, 9.17) is 9.47 Å². The number of benzene rings is 3. The molecule has 1 fully saturated rings. The van der Waals surface area contributed by atoms with Crippen LogP contribution in [0.4, 0.5) is 11.4 Å². The summed E-state index contributed by atoms with van der Waals surface area (Å²) >= 11 is 0. The Balaban J connectivity index is 1.35. The van der Waals surface area contributed by atoms with Crippen molar-refractivity contribution in [2.24, 2.45) is 0 Å². The monoisotopic (exact) mass is 566 g/mol. The van der Waals surface area contributed by atoms with Gasteiger partial charge in [0.2, 0.25) is 0 Å². The summed E-state index contributed by atoms with van der Waals surface area (Å²) in [6.45, 7) is 0.203. The van der Waals surface area contributed by atoms with Gasteiger partial charge in [0.15, 0.2) is 0 Å². The molecule has 0 aliphatic carbocycles. The SMILES string of the molecule is O=C(NS(=O)(=O)c1ccc(NC2CCOC(CO)C2)c([N+](=O)[O-])c1)c1ccccc1Oc1ccc2[nH]ccc2c1. The van der Waals surface area contributed by atoms with E-state index in [0.29, 0.717) is 25.2 Å². The largest absolute Gasteiger partial charge is 0.457 e. The van der Waals surface area contributed by atoms with Crippen LogP contribution in [0.1, 0.15) is 23.2 Å². The molecule has 1 amide bonds. The van der Waals surface area contributed by atoms with E-state index in [9.17, 15) is 28.4 Å². The number of nitro benzene ring substituents is 1. The molecule has 2 unspecified atom stereocenters. The quantitative estimate of drug-likeness (QED) is 0.173. The fourth-order valence-electron chi connectivity index (χ4n) is 4.51. The molecular weight excluding hydrogens is 540 g/mol. The average molecular weight is 567 g/mol. The molecular formula is C27H26N4O8S. The second-order valence-corrected chi connectivity index (χ2v) is 10.9. The first-order valence-electron chi connectivity index (χ1n) is 12.4. The van der Waals surface area contributed by atoms with Crippen molar-refractivity contribution in [3.05, 3.63) is 88.6 Å². The Hall–Kier alpha value is -4.46. The van der Waals surface area contributed by atoms with Gasteiger partial charge in [0, 0.05) is 35.8 Å². The van der Waals surface area contributed by atoms with Gasteiger partial charge in [-0.2, -0.15) is 0 Å². The molecule has 0 radical (unpaired) electrons. The number of amides is 1. The highest BCUT2D eigenvalue weighted by atomic mass is 32.2. The van der Waals surface area contributed by atoms with Gasteiger partial charge in [-0.1, -0.05) is 12.1 Å². The molecule has 1 saturated heterocycles. The molecule has 13 heteroatoms. The maximum Gasteiger partial charge on any atom is 0.293 e. The minimum absolute atomic E-state index is 0.0361. The van der Waals surface area contributed by atoms with Gasteiger partial charge in [-0.25, -0.2) is 13.1 Å². The van der Waals surface area contributed by atoms with E-state index >= 15 is 0 Å². The number of nitro groups is 1. The molecule has 0 spiro atoms. The highest BCUT2D eigenvalue weighted by Gasteiger charge is 2.28. The molecule has 40 heavy (non-hydrogen) atoms. The number of anilines is 1. The lowest BCUT2D eigenvalue weighted by atomic mass is 10.0. The first kappa shape index (κ1) is 27.1. The molecule has 1 aliphatic heterocycles. The number of nitrogens with zero attached hydrogens (tertiary/aromatic N) is 1. The number of aromatic nitrogens is 1. The molecule has 2 atom stereocenters. The molecule has 1 aliphatic rings. The number of H-pyrrole nitrogens is 1. The predicted molar refractivity (Wildman–Crippen MR) is 146 cm³/mol. The lowest BCUT2D eigenvalue weighted by Gasteiger charge is -2.29. The fraction of sp³-hybridized carbons (Fsp3) is 0.222. The summed E-state index contributed by atoms with van der Waals surface area (Å²) in [6.07, 6.45) is 2.39. The number of aliphatic hydroxyl groups is 1. The number of carbonyl (C=O) groups excluding carboxylic acids is 1. The van der Waals surface area contributed by atoms with E-state index in [1.54, 1.807) is 30.5 Å². The number of sulfonamides is 1. The van der Waals surface area contributed by atoms with Crippen LogP contribution >= 0.6 is 0 Å². The smallest absolute Gasteiger partial charge is 0.293 e. The summed E-state index contributed by atoms with van der Waals surface area (Å²) < 4.78 is 39.5. The first-order valence-corrected chi connectivity index (χ1v) is 13.9. The van der Waals surface area contributed by atoms with Crippen LogP contribution in [0.15, 0.2) is 77.8 Å². The number of nitrogens with one attached hydrogen (secondary N) is 3. The van der Waals surface area contributed by atoms with Gasteiger partial charge < -0.3 is 24.9 Å². The van der Waals surface area contributed by atoms with Crippen LogP contribution in [0.5, 0.6) is 11.5 Å². The summed E-state index contributed by atoms with van der Waals surface area (Å²) in [5.41, 5.74) is 0.524. The second kappa shape index (κ2) is 11.3. The average Bonchev–Trinajstić information content (AvgIpc) is 3.41. The molecule has 3 aromatic carbocycles. The van der Waals surface area contributed by atoms with Gasteiger partial charge in [0.25, 0.3) is 21.6 Å². The zero-order chi connectivity index (χ0) is 28.3. The number of hydrogen-bond acceptors (Lipinski definition) is 9. The van der Waals surface area contributed by atoms with Crippen LogP contribution in [-0.4, -0.2) is 54.7 Å². The summed E-state index contributed by atoms with van der Waals surface area (Å²) in [7, 11) is -4.48. The van der Waals surface area contributed by atoms with Crippen molar-refractivity contribution in [2.45, 2.75) is 29.9 Å². The van der Waals surface area contributed by atoms with Crippen LogP contribution < -0.4 is 14.8 Å². The minimum atomic E-state index is -4.48. The molecule has 208 valence electrons. The topological polar surface area (TPSA) is 173 Å². The highest BCUT2D eigenvalue weighted by Crippen LogP contribution is 2.31. The fourth-order valence-corrected chi connectivity index (χ4v) is 5.50. The van der Waals surface area contributed by atoms with Crippen LogP contribution in [0.2, 0.25) is 0 Å².